The van der Waals surface area contributed by atoms with E-state index >= 15 is 0 Å². The Bertz CT molecular complexity index is 397. The van der Waals surface area contributed by atoms with Crippen LogP contribution < -0.4 is 16.2 Å². The summed E-state index contributed by atoms with van der Waals surface area (Å²) in [5, 5.41) is 3.88. The van der Waals surface area contributed by atoms with Crippen LogP contribution in [-0.4, -0.2) is 23.0 Å². The molecule has 0 atom stereocenters. The Hall–Kier alpha value is -0.980. The lowest BCUT2D eigenvalue weighted by Gasteiger charge is -2.11. The number of hydrogen-bond acceptors (Lipinski definition) is 3. The number of carbonyl (C=O) groups is 1. The number of rotatable bonds is 3. The number of halogens is 1. The maximum absolute atomic E-state index is 11.1. The molecule has 1 aromatic rings. The van der Waals surface area contributed by atoms with Crippen LogP contribution in [0.3, 0.4) is 0 Å². The Morgan fingerprint density at radius 1 is 1.35 bits per heavy atom. The van der Waals surface area contributed by atoms with E-state index in [9.17, 15) is 4.79 Å². The maximum Gasteiger partial charge on any atom is 0.248 e. The normalized spacial score (nSPS) is 9.53. The van der Waals surface area contributed by atoms with Gasteiger partial charge < -0.3 is 5.32 Å². The summed E-state index contributed by atoms with van der Waals surface area (Å²) < 4.78 is 0. The molecule has 0 radical (unpaired) electrons. The lowest BCUT2D eigenvalue weighted by Crippen LogP contribution is -2.44. The number of nitrogens with one attached hydrogen (secondary N) is 3. The van der Waals surface area contributed by atoms with E-state index in [4.69, 9.17) is 23.8 Å². The van der Waals surface area contributed by atoms with Crippen molar-refractivity contribution in [2.45, 2.75) is 0 Å². The van der Waals surface area contributed by atoms with Crippen LogP contribution in [0.5, 0.6) is 0 Å². The van der Waals surface area contributed by atoms with Crippen molar-refractivity contribution in [3.05, 3.63) is 29.3 Å². The smallest absolute Gasteiger partial charge is 0.248 e. The fraction of sp³-hybridized carbons (Fsp3) is 0.200. The van der Waals surface area contributed by atoms with Crippen LogP contribution in [0.15, 0.2) is 24.3 Å². The SMILES string of the molecule is CSCC(=O)NNC(=S)Nc1ccc(Cl)cc1. The molecule has 1 amide bonds. The zero-order valence-electron chi connectivity index (χ0n) is 9.12. The highest BCUT2D eigenvalue weighted by molar-refractivity contribution is 7.99. The third-order valence-electron chi connectivity index (χ3n) is 1.69. The molecule has 92 valence electrons. The summed E-state index contributed by atoms with van der Waals surface area (Å²) in [6.45, 7) is 0. The van der Waals surface area contributed by atoms with E-state index in [1.807, 2.05) is 6.26 Å². The summed E-state index contributed by atoms with van der Waals surface area (Å²) >= 11 is 12.2. The van der Waals surface area contributed by atoms with Crippen LogP contribution in [0.4, 0.5) is 5.69 Å². The van der Waals surface area contributed by atoms with Crippen LogP contribution in [0, 0.1) is 0 Å². The predicted octanol–water partition coefficient (Wildman–Crippen LogP) is 2.02. The molecule has 3 N–H and O–H groups in total. The number of benzene rings is 1. The number of hydrazine groups is 1. The van der Waals surface area contributed by atoms with Crippen molar-refractivity contribution in [1.29, 1.82) is 0 Å². The highest BCUT2D eigenvalue weighted by Crippen LogP contribution is 2.12. The molecule has 17 heavy (non-hydrogen) atoms. The third-order valence-corrected chi connectivity index (χ3v) is 2.70. The largest absolute Gasteiger partial charge is 0.331 e. The average molecular weight is 290 g/mol. The Labute approximate surface area is 114 Å². The van der Waals surface area contributed by atoms with Gasteiger partial charge in [-0.15, -0.1) is 0 Å². The van der Waals surface area contributed by atoms with Crippen molar-refractivity contribution in [2.75, 3.05) is 17.3 Å². The standard InChI is InChI=1S/C10H12ClN3OS2/c1-17-6-9(15)13-14-10(16)12-8-4-2-7(11)3-5-8/h2-5H,6H2,1H3,(H,13,15)(H2,12,14,16). The van der Waals surface area contributed by atoms with Crippen molar-refractivity contribution in [3.63, 3.8) is 0 Å². The Kier molecular flexibility index (Phi) is 6.10. The molecule has 0 saturated carbocycles. The molecule has 7 heteroatoms. The quantitative estimate of drug-likeness (QED) is 0.587. The fourth-order valence-corrected chi connectivity index (χ4v) is 1.62. The highest BCUT2D eigenvalue weighted by Gasteiger charge is 2.00. The van der Waals surface area contributed by atoms with E-state index in [0.717, 1.165) is 5.69 Å². The van der Waals surface area contributed by atoms with Crippen LogP contribution in [-0.2, 0) is 4.79 Å². The molecule has 0 heterocycles. The summed E-state index contributed by atoms with van der Waals surface area (Å²) in [5.74, 6) is 0.258. The van der Waals surface area contributed by atoms with Crippen molar-refractivity contribution in [3.8, 4) is 0 Å². The number of anilines is 1. The second-order valence-electron chi connectivity index (χ2n) is 3.07. The van der Waals surface area contributed by atoms with Crippen molar-refractivity contribution in [1.82, 2.24) is 10.9 Å². The van der Waals surface area contributed by atoms with Gasteiger partial charge in [0.1, 0.15) is 0 Å². The van der Waals surface area contributed by atoms with E-state index < -0.39 is 0 Å². The third kappa shape index (κ3) is 5.76. The maximum atomic E-state index is 11.1. The van der Waals surface area contributed by atoms with Crippen LogP contribution in [0.25, 0.3) is 0 Å². The monoisotopic (exact) mass is 289 g/mol. The lowest BCUT2D eigenvalue weighted by molar-refractivity contribution is -0.119. The zero-order chi connectivity index (χ0) is 12.7. The molecule has 0 aliphatic carbocycles. The van der Waals surface area contributed by atoms with Gasteiger partial charge in [0, 0.05) is 10.7 Å². The first-order valence-electron chi connectivity index (χ1n) is 4.72. The Balaban J connectivity index is 2.34. The van der Waals surface area contributed by atoms with E-state index in [2.05, 4.69) is 16.2 Å². The first kappa shape index (κ1) is 14.1. The molecule has 0 unspecified atom stereocenters. The molecule has 0 aliphatic heterocycles. The summed E-state index contributed by atoms with van der Waals surface area (Å²) in [5.41, 5.74) is 5.88. The Morgan fingerprint density at radius 3 is 2.59 bits per heavy atom. The van der Waals surface area contributed by atoms with E-state index in [1.54, 1.807) is 24.3 Å². The van der Waals surface area contributed by atoms with Gasteiger partial charge in [-0.2, -0.15) is 11.8 Å². The van der Waals surface area contributed by atoms with Gasteiger partial charge in [-0.05, 0) is 42.7 Å². The molecule has 0 aliphatic rings. The molecule has 0 spiro atoms. The Morgan fingerprint density at radius 2 is 2.00 bits per heavy atom. The second kappa shape index (κ2) is 7.37. The fourth-order valence-electron chi connectivity index (χ4n) is 0.989. The average Bonchev–Trinajstić information content (AvgIpc) is 2.30. The highest BCUT2D eigenvalue weighted by atomic mass is 35.5. The van der Waals surface area contributed by atoms with E-state index in [-0.39, 0.29) is 5.91 Å². The predicted molar refractivity (Wildman–Crippen MR) is 77.3 cm³/mol. The topological polar surface area (TPSA) is 53.2 Å². The summed E-state index contributed by atoms with van der Waals surface area (Å²) in [6.07, 6.45) is 1.85. The molecule has 0 saturated heterocycles. The van der Waals surface area contributed by atoms with Gasteiger partial charge in [-0.1, -0.05) is 11.6 Å². The first-order chi connectivity index (χ1) is 8.11. The minimum absolute atomic E-state index is 0.127. The van der Waals surface area contributed by atoms with Crippen LogP contribution in [0.2, 0.25) is 5.02 Å². The molecule has 4 nitrogen and oxygen atoms in total. The molecular formula is C10H12ClN3OS2. The summed E-state index contributed by atoms with van der Waals surface area (Å²) in [7, 11) is 0. The molecule has 0 fully saturated rings. The molecular weight excluding hydrogens is 278 g/mol. The minimum atomic E-state index is -0.127. The number of amides is 1. The molecule has 0 bridgehead atoms. The van der Waals surface area contributed by atoms with Gasteiger partial charge in [0.15, 0.2) is 5.11 Å². The van der Waals surface area contributed by atoms with E-state index in [1.165, 1.54) is 11.8 Å². The molecule has 0 aromatic heterocycles. The van der Waals surface area contributed by atoms with Gasteiger partial charge in [0.2, 0.25) is 5.91 Å². The lowest BCUT2D eigenvalue weighted by atomic mass is 10.3. The van der Waals surface area contributed by atoms with Crippen molar-refractivity contribution in [2.24, 2.45) is 0 Å². The van der Waals surface area contributed by atoms with Gasteiger partial charge in [0.25, 0.3) is 0 Å². The van der Waals surface area contributed by atoms with Crippen molar-refractivity contribution >= 4 is 52.3 Å². The molecule has 1 aromatic carbocycles. The van der Waals surface area contributed by atoms with Crippen molar-refractivity contribution < 1.29 is 4.79 Å². The van der Waals surface area contributed by atoms with E-state index in [0.29, 0.717) is 15.9 Å². The zero-order valence-corrected chi connectivity index (χ0v) is 11.5. The summed E-state index contributed by atoms with van der Waals surface area (Å²) in [6, 6.07) is 7.08. The summed E-state index contributed by atoms with van der Waals surface area (Å²) in [4.78, 5) is 11.1. The van der Waals surface area contributed by atoms with Gasteiger partial charge in [0.05, 0.1) is 5.75 Å². The van der Waals surface area contributed by atoms with Crippen LogP contribution in [0.1, 0.15) is 0 Å². The van der Waals surface area contributed by atoms with Crippen LogP contribution >= 0.6 is 35.6 Å². The van der Waals surface area contributed by atoms with Gasteiger partial charge in [-0.3, -0.25) is 15.6 Å². The number of thioether (sulfide) groups is 1. The van der Waals surface area contributed by atoms with Gasteiger partial charge in [-0.25, -0.2) is 0 Å². The first-order valence-corrected chi connectivity index (χ1v) is 6.90. The minimum Gasteiger partial charge on any atom is -0.331 e. The number of carbonyl (C=O) groups excluding carboxylic acids is 1. The second-order valence-corrected chi connectivity index (χ2v) is 4.78. The van der Waals surface area contributed by atoms with Gasteiger partial charge >= 0.3 is 0 Å². The number of hydrogen-bond donors (Lipinski definition) is 3. The molecule has 1 rings (SSSR count). The number of thiocarbonyl (C=S) groups is 1.